The molecule has 0 aliphatic heterocycles. The van der Waals surface area contributed by atoms with E-state index in [-0.39, 0.29) is 0 Å². The summed E-state index contributed by atoms with van der Waals surface area (Å²) in [7, 11) is 0. The molecule has 0 radical (unpaired) electrons. The van der Waals surface area contributed by atoms with Crippen molar-refractivity contribution in [3.8, 4) is 0 Å². The van der Waals surface area contributed by atoms with E-state index in [4.69, 9.17) is 9.84 Å². The number of aromatic nitrogens is 3. The quantitative estimate of drug-likeness (QED) is 0.453. The van der Waals surface area contributed by atoms with Gasteiger partial charge < -0.3 is 20.1 Å². The van der Waals surface area contributed by atoms with Crippen molar-refractivity contribution in [3.63, 3.8) is 0 Å². The maximum absolute atomic E-state index is 11.4. The van der Waals surface area contributed by atoms with Crippen LogP contribution in [-0.2, 0) is 4.74 Å². The van der Waals surface area contributed by atoms with E-state index in [1.807, 2.05) is 4.98 Å². The standard InChI is InChI=1S/C10H17N3O6/c1-5(15)9(17)7(4-14)19-6(2)13-10(18)12-8(16)3-11-13/h3,5-7,9,14-15,17H,4H2,1-2H3,(H,12,16,18)/t5-,6?,7?,9?/m1/s1. The van der Waals surface area contributed by atoms with Gasteiger partial charge in [0.15, 0.2) is 6.23 Å². The molecule has 4 N–H and O–H groups in total. The number of hydrogen-bond acceptors (Lipinski definition) is 7. The molecule has 108 valence electrons. The summed E-state index contributed by atoms with van der Waals surface area (Å²) >= 11 is 0. The number of rotatable bonds is 6. The van der Waals surface area contributed by atoms with E-state index < -0.39 is 42.4 Å². The fourth-order valence-corrected chi connectivity index (χ4v) is 1.47. The van der Waals surface area contributed by atoms with Crippen molar-refractivity contribution >= 4 is 0 Å². The van der Waals surface area contributed by atoms with E-state index in [0.29, 0.717) is 0 Å². The molecule has 0 aliphatic carbocycles. The molecule has 4 atom stereocenters. The van der Waals surface area contributed by atoms with Gasteiger partial charge in [0.2, 0.25) is 0 Å². The summed E-state index contributed by atoms with van der Waals surface area (Å²) in [5.74, 6) is 0. The van der Waals surface area contributed by atoms with Crippen LogP contribution in [-0.4, -0.2) is 55.0 Å². The molecular weight excluding hydrogens is 258 g/mol. The van der Waals surface area contributed by atoms with Gasteiger partial charge in [-0.2, -0.15) is 9.78 Å². The maximum atomic E-state index is 11.4. The number of ether oxygens (including phenoxy) is 1. The third-order valence-electron chi connectivity index (χ3n) is 2.51. The van der Waals surface area contributed by atoms with Crippen LogP contribution in [0.2, 0.25) is 0 Å². The molecule has 1 aromatic heterocycles. The zero-order valence-electron chi connectivity index (χ0n) is 10.6. The van der Waals surface area contributed by atoms with Crippen molar-refractivity contribution in [1.29, 1.82) is 0 Å². The van der Waals surface area contributed by atoms with Crippen molar-refractivity contribution in [2.75, 3.05) is 6.61 Å². The lowest BCUT2D eigenvalue weighted by Crippen LogP contribution is -2.43. The molecule has 1 aromatic rings. The molecule has 0 aliphatic rings. The van der Waals surface area contributed by atoms with Gasteiger partial charge in [-0.3, -0.25) is 9.78 Å². The average Bonchev–Trinajstić information content (AvgIpc) is 2.34. The highest BCUT2D eigenvalue weighted by Crippen LogP contribution is 2.11. The highest BCUT2D eigenvalue weighted by atomic mass is 16.5. The molecule has 9 heteroatoms. The minimum Gasteiger partial charge on any atom is -0.394 e. The molecule has 0 spiro atoms. The van der Waals surface area contributed by atoms with Crippen molar-refractivity contribution in [3.05, 3.63) is 27.0 Å². The fourth-order valence-electron chi connectivity index (χ4n) is 1.47. The molecule has 3 unspecified atom stereocenters. The monoisotopic (exact) mass is 275 g/mol. The molecule has 0 bridgehead atoms. The second-order valence-electron chi connectivity index (χ2n) is 4.07. The number of aliphatic hydroxyl groups is 3. The van der Waals surface area contributed by atoms with E-state index in [1.54, 1.807) is 0 Å². The van der Waals surface area contributed by atoms with E-state index in [0.717, 1.165) is 10.9 Å². The van der Waals surface area contributed by atoms with Crippen LogP contribution < -0.4 is 11.2 Å². The molecule has 19 heavy (non-hydrogen) atoms. The zero-order chi connectivity index (χ0) is 14.6. The number of hydrogen-bond donors (Lipinski definition) is 4. The highest BCUT2D eigenvalue weighted by Gasteiger charge is 2.26. The van der Waals surface area contributed by atoms with Crippen LogP contribution in [0.25, 0.3) is 0 Å². The largest absolute Gasteiger partial charge is 0.394 e. The van der Waals surface area contributed by atoms with Crippen molar-refractivity contribution in [2.24, 2.45) is 0 Å². The Kier molecular flexibility index (Phi) is 5.36. The number of aromatic amines is 1. The minimum absolute atomic E-state index is 0.547. The maximum Gasteiger partial charge on any atom is 0.347 e. The first-order valence-corrected chi connectivity index (χ1v) is 5.67. The topological polar surface area (TPSA) is 138 Å². The Balaban J connectivity index is 2.85. The first kappa shape index (κ1) is 15.5. The molecule has 0 saturated heterocycles. The molecule has 9 nitrogen and oxygen atoms in total. The fraction of sp³-hybridized carbons (Fsp3) is 0.700. The SMILES string of the molecule is CC(OC(CO)C(O)[C@@H](C)O)n1ncc(=O)[nH]c1=O. The second-order valence-corrected chi connectivity index (χ2v) is 4.07. The third kappa shape index (κ3) is 3.96. The average molecular weight is 275 g/mol. The van der Waals surface area contributed by atoms with Gasteiger partial charge in [0, 0.05) is 0 Å². The molecule has 1 rings (SSSR count). The summed E-state index contributed by atoms with van der Waals surface area (Å²) in [5, 5.41) is 31.5. The van der Waals surface area contributed by atoms with Crippen molar-refractivity contribution < 1.29 is 20.1 Å². The Hall–Kier alpha value is -1.55. The first-order chi connectivity index (χ1) is 8.86. The molecular formula is C10H17N3O6. The van der Waals surface area contributed by atoms with Gasteiger partial charge in [-0.15, -0.1) is 0 Å². The van der Waals surface area contributed by atoms with Gasteiger partial charge in [0.05, 0.1) is 12.7 Å². The number of nitrogens with one attached hydrogen (secondary N) is 1. The predicted octanol–water partition coefficient (Wildman–Crippen LogP) is -2.43. The van der Waals surface area contributed by atoms with Gasteiger partial charge >= 0.3 is 5.69 Å². The summed E-state index contributed by atoms with van der Waals surface area (Å²) in [6, 6.07) is 0. The second kappa shape index (κ2) is 6.57. The van der Waals surface area contributed by atoms with Gasteiger partial charge in [-0.05, 0) is 13.8 Å². The van der Waals surface area contributed by atoms with Crippen LogP contribution >= 0.6 is 0 Å². The Bertz CT molecular complexity index is 510. The summed E-state index contributed by atoms with van der Waals surface area (Å²) in [6.45, 7) is 2.24. The van der Waals surface area contributed by atoms with Crippen molar-refractivity contribution in [2.45, 2.75) is 38.4 Å². The molecule has 1 heterocycles. The summed E-state index contributed by atoms with van der Waals surface area (Å²) < 4.78 is 6.09. The van der Waals surface area contributed by atoms with Crippen LogP contribution in [0.4, 0.5) is 0 Å². The molecule has 0 saturated carbocycles. The Labute approximate surface area is 108 Å². The molecule has 0 amide bonds. The minimum atomic E-state index is -1.31. The number of H-pyrrole nitrogens is 1. The number of nitrogens with zero attached hydrogens (tertiary/aromatic N) is 2. The van der Waals surface area contributed by atoms with Gasteiger partial charge in [-0.25, -0.2) is 4.79 Å². The summed E-state index contributed by atoms with van der Waals surface area (Å²) in [4.78, 5) is 24.3. The van der Waals surface area contributed by atoms with Crippen LogP contribution in [0.1, 0.15) is 20.1 Å². The van der Waals surface area contributed by atoms with Gasteiger partial charge in [0.1, 0.15) is 18.4 Å². The summed E-state index contributed by atoms with van der Waals surface area (Å²) in [6.07, 6.45) is -3.54. The van der Waals surface area contributed by atoms with E-state index in [1.165, 1.54) is 13.8 Å². The van der Waals surface area contributed by atoms with Gasteiger partial charge in [-0.1, -0.05) is 0 Å². The van der Waals surface area contributed by atoms with Crippen molar-refractivity contribution in [1.82, 2.24) is 14.8 Å². The summed E-state index contributed by atoms with van der Waals surface area (Å²) in [5.41, 5.74) is -1.42. The Morgan fingerprint density at radius 2 is 2.05 bits per heavy atom. The Morgan fingerprint density at radius 1 is 1.42 bits per heavy atom. The lowest BCUT2D eigenvalue weighted by atomic mass is 10.1. The van der Waals surface area contributed by atoms with Gasteiger partial charge in [0.25, 0.3) is 5.56 Å². The highest BCUT2D eigenvalue weighted by molar-refractivity contribution is 4.75. The van der Waals surface area contributed by atoms with E-state index >= 15 is 0 Å². The van der Waals surface area contributed by atoms with Crippen LogP contribution in [0, 0.1) is 0 Å². The lowest BCUT2D eigenvalue weighted by molar-refractivity contribution is -0.145. The first-order valence-electron chi connectivity index (χ1n) is 5.67. The number of aliphatic hydroxyl groups excluding tert-OH is 3. The van der Waals surface area contributed by atoms with Crippen LogP contribution in [0.15, 0.2) is 15.8 Å². The third-order valence-corrected chi connectivity index (χ3v) is 2.51. The normalized spacial score (nSPS) is 17.7. The molecule has 0 fully saturated rings. The van der Waals surface area contributed by atoms with Crippen LogP contribution in [0.5, 0.6) is 0 Å². The smallest absolute Gasteiger partial charge is 0.347 e. The Morgan fingerprint density at radius 3 is 2.53 bits per heavy atom. The molecule has 0 aromatic carbocycles. The lowest BCUT2D eigenvalue weighted by Gasteiger charge is -2.26. The van der Waals surface area contributed by atoms with E-state index in [9.17, 15) is 19.8 Å². The van der Waals surface area contributed by atoms with E-state index in [2.05, 4.69) is 5.10 Å². The van der Waals surface area contributed by atoms with Crippen LogP contribution in [0.3, 0.4) is 0 Å². The zero-order valence-corrected chi connectivity index (χ0v) is 10.6. The predicted molar refractivity (Wildman–Crippen MR) is 63.5 cm³/mol.